The van der Waals surface area contributed by atoms with E-state index in [2.05, 4.69) is 44.8 Å². The highest BCUT2D eigenvalue weighted by molar-refractivity contribution is 5.06. The molecule has 0 aromatic heterocycles. The van der Waals surface area contributed by atoms with Crippen molar-refractivity contribution in [3.8, 4) is 0 Å². The number of likely N-dealkylation sites (N-methyl/N-ethyl adjacent to an activating group) is 1. The van der Waals surface area contributed by atoms with Gasteiger partial charge in [-0.15, -0.1) is 0 Å². The number of nitrogens with zero attached hydrogens (tertiary/aromatic N) is 1. The summed E-state index contributed by atoms with van der Waals surface area (Å²) >= 11 is 0. The molecule has 0 amide bonds. The van der Waals surface area contributed by atoms with E-state index in [-0.39, 0.29) is 11.2 Å². The van der Waals surface area contributed by atoms with Gasteiger partial charge in [-0.1, -0.05) is 19.8 Å². The third-order valence-corrected chi connectivity index (χ3v) is 5.15. The molecule has 20 heavy (non-hydrogen) atoms. The van der Waals surface area contributed by atoms with E-state index >= 15 is 0 Å². The second kappa shape index (κ2) is 6.33. The Morgan fingerprint density at radius 2 is 1.60 bits per heavy atom. The lowest BCUT2D eigenvalue weighted by molar-refractivity contribution is -0.0795. The monoisotopic (exact) mass is 282 g/mol. The maximum atomic E-state index is 6.40. The van der Waals surface area contributed by atoms with E-state index in [1.807, 2.05) is 0 Å². The number of likely N-dealkylation sites (tertiary alicyclic amines) is 1. The van der Waals surface area contributed by atoms with Crippen LogP contribution in [0.3, 0.4) is 0 Å². The van der Waals surface area contributed by atoms with Gasteiger partial charge >= 0.3 is 0 Å². The normalized spacial score (nSPS) is 34.0. The van der Waals surface area contributed by atoms with Crippen LogP contribution in [-0.4, -0.2) is 48.3 Å². The van der Waals surface area contributed by atoms with Crippen LogP contribution in [0.25, 0.3) is 0 Å². The van der Waals surface area contributed by atoms with Gasteiger partial charge in [-0.05, 0) is 60.2 Å². The molecule has 1 N–H and O–H groups in total. The van der Waals surface area contributed by atoms with Gasteiger partial charge in [0, 0.05) is 18.5 Å². The number of ether oxygens (including phenoxy) is 1. The van der Waals surface area contributed by atoms with E-state index in [1.54, 1.807) is 0 Å². The Morgan fingerprint density at radius 1 is 1.00 bits per heavy atom. The summed E-state index contributed by atoms with van der Waals surface area (Å²) in [5.41, 5.74) is -0.112. The molecule has 0 saturated carbocycles. The maximum Gasteiger partial charge on any atom is 0.0790 e. The number of hydrogen-bond donors (Lipinski definition) is 1. The van der Waals surface area contributed by atoms with Crippen LogP contribution in [0.2, 0.25) is 0 Å². The summed E-state index contributed by atoms with van der Waals surface area (Å²) in [4.78, 5) is 2.68. The van der Waals surface area contributed by atoms with E-state index in [9.17, 15) is 0 Å². The molecule has 0 bridgehead atoms. The van der Waals surface area contributed by atoms with Crippen molar-refractivity contribution >= 4 is 0 Å². The largest absolute Gasteiger partial charge is 0.368 e. The average molecular weight is 282 g/mol. The second-order valence-corrected chi connectivity index (χ2v) is 7.67. The van der Waals surface area contributed by atoms with Gasteiger partial charge in [-0.2, -0.15) is 0 Å². The highest BCUT2D eigenvalue weighted by atomic mass is 16.5. The van der Waals surface area contributed by atoms with E-state index in [1.165, 1.54) is 45.3 Å². The van der Waals surface area contributed by atoms with Crippen molar-refractivity contribution in [2.45, 2.75) is 77.5 Å². The lowest BCUT2D eigenvalue weighted by atomic mass is 9.82. The molecule has 0 aliphatic carbocycles. The number of rotatable bonds is 4. The molecular formula is C17H34N2O. The Kier molecular flexibility index (Phi) is 5.14. The first-order valence-electron chi connectivity index (χ1n) is 8.53. The van der Waals surface area contributed by atoms with Crippen LogP contribution in [0.1, 0.15) is 60.3 Å². The van der Waals surface area contributed by atoms with Gasteiger partial charge in [0.2, 0.25) is 0 Å². The predicted molar refractivity (Wildman–Crippen MR) is 85.1 cm³/mol. The predicted octanol–water partition coefficient (Wildman–Crippen LogP) is 3.04. The molecule has 2 atom stereocenters. The molecule has 2 rings (SSSR count). The van der Waals surface area contributed by atoms with Crippen LogP contribution in [0.5, 0.6) is 0 Å². The SMILES string of the molecule is CCNC1C(CN2CCCCCC2)C(C)(C)OC1(C)C. The summed E-state index contributed by atoms with van der Waals surface area (Å²) in [6.07, 6.45) is 5.54. The number of hydrogen-bond acceptors (Lipinski definition) is 3. The van der Waals surface area contributed by atoms with Crippen LogP contribution < -0.4 is 5.32 Å². The lowest BCUT2D eigenvalue weighted by Gasteiger charge is -2.34. The Labute approximate surface area is 125 Å². The van der Waals surface area contributed by atoms with Crippen LogP contribution in [0.15, 0.2) is 0 Å². The molecule has 2 aliphatic heterocycles. The molecule has 0 spiro atoms. The Morgan fingerprint density at radius 3 is 2.15 bits per heavy atom. The fraction of sp³-hybridized carbons (Fsp3) is 1.00. The van der Waals surface area contributed by atoms with Crippen LogP contribution in [0.4, 0.5) is 0 Å². The van der Waals surface area contributed by atoms with Gasteiger partial charge < -0.3 is 15.0 Å². The zero-order valence-electron chi connectivity index (χ0n) is 14.2. The standard InChI is InChI=1S/C17H34N2O/c1-6-18-15-14(16(2,3)20-17(15,4)5)13-19-11-9-7-8-10-12-19/h14-15,18H,6-13H2,1-5H3. The smallest absolute Gasteiger partial charge is 0.0790 e. The summed E-state index contributed by atoms with van der Waals surface area (Å²) in [5.74, 6) is 0.565. The van der Waals surface area contributed by atoms with Crippen molar-refractivity contribution in [1.29, 1.82) is 0 Å². The number of nitrogens with one attached hydrogen (secondary N) is 1. The zero-order valence-corrected chi connectivity index (χ0v) is 14.2. The Balaban J connectivity index is 2.08. The molecule has 2 heterocycles. The van der Waals surface area contributed by atoms with Gasteiger partial charge in [0.1, 0.15) is 0 Å². The third kappa shape index (κ3) is 3.55. The third-order valence-electron chi connectivity index (χ3n) is 5.15. The molecule has 0 aromatic carbocycles. The fourth-order valence-corrected chi connectivity index (χ4v) is 4.23. The van der Waals surface area contributed by atoms with Crippen molar-refractivity contribution in [2.75, 3.05) is 26.2 Å². The Bertz CT molecular complexity index is 306. The van der Waals surface area contributed by atoms with Crippen LogP contribution in [0, 0.1) is 5.92 Å². The molecule has 2 aliphatic rings. The minimum atomic E-state index is -0.0734. The topological polar surface area (TPSA) is 24.5 Å². The second-order valence-electron chi connectivity index (χ2n) is 7.67. The minimum Gasteiger partial charge on any atom is -0.368 e. The molecule has 0 aromatic rings. The van der Waals surface area contributed by atoms with E-state index < -0.39 is 0 Å². The molecule has 2 unspecified atom stereocenters. The summed E-state index contributed by atoms with van der Waals surface area (Å²) in [6, 6.07) is 0.450. The first-order valence-corrected chi connectivity index (χ1v) is 8.53. The zero-order chi connectivity index (χ0) is 14.8. The fourth-order valence-electron chi connectivity index (χ4n) is 4.23. The Hall–Kier alpha value is -0.120. The molecular weight excluding hydrogens is 248 g/mol. The van der Waals surface area contributed by atoms with Crippen LogP contribution in [-0.2, 0) is 4.74 Å². The van der Waals surface area contributed by atoms with Crippen molar-refractivity contribution in [2.24, 2.45) is 5.92 Å². The first-order chi connectivity index (χ1) is 9.37. The van der Waals surface area contributed by atoms with Gasteiger partial charge in [0.15, 0.2) is 0 Å². The minimum absolute atomic E-state index is 0.0390. The highest BCUT2D eigenvalue weighted by Crippen LogP contribution is 2.42. The highest BCUT2D eigenvalue weighted by Gasteiger charge is 2.53. The van der Waals surface area contributed by atoms with Crippen LogP contribution >= 0.6 is 0 Å². The summed E-state index contributed by atoms with van der Waals surface area (Å²) < 4.78 is 6.40. The molecule has 3 heteroatoms. The van der Waals surface area contributed by atoms with Crippen molar-refractivity contribution in [1.82, 2.24) is 10.2 Å². The molecule has 2 fully saturated rings. The van der Waals surface area contributed by atoms with Crippen molar-refractivity contribution in [3.63, 3.8) is 0 Å². The maximum absolute atomic E-state index is 6.40. The molecule has 3 nitrogen and oxygen atoms in total. The summed E-state index contributed by atoms with van der Waals surface area (Å²) in [6.45, 7) is 16.0. The molecule has 118 valence electrons. The average Bonchev–Trinajstić information content (AvgIpc) is 2.55. The van der Waals surface area contributed by atoms with Gasteiger partial charge in [0.05, 0.1) is 11.2 Å². The van der Waals surface area contributed by atoms with Crippen molar-refractivity contribution < 1.29 is 4.74 Å². The summed E-state index contributed by atoms with van der Waals surface area (Å²) in [7, 11) is 0. The first kappa shape index (κ1) is 16.3. The van der Waals surface area contributed by atoms with Gasteiger partial charge in [0.25, 0.3) is 0 Å². The van der Waals surface area contributed by atoms with Gasteiger partial charge in [-0.25, -0.2) is 0 Å². The van der Waals surface area contributed by atoms with E-state index in [0.29, 0.717) is 12.0 Å². The van der Waals surface area contributed by atoms with E-state index in [4.69, 9.17) is 4.74 Å². The van der Waals surface area contributed by atoms with Gasteiger partial charge in [-0.3, -0.25) is 0 Å². The quantitative estimate of drug-likeness (QED) is 0.858. The van der Waals surface area contributed by atoms with Crippen molar-refractivity contribution in [3.05, 3.63) is 0 Å². The molecule has 2 saturated heterocycles. The van der Waals surface area contributed by atoms with E-state index in [0.717, 1.165) is 6.54 Å². The molecule has 0 radical (unpaired) electrons. The summed E-state index contributed by atoms with van der Waals surface area (Å²) in [5, 5.41) is 3.69. The lowest BCUT2D eigenvalue weighted by Crippen LogP contribution is -2.51.